The van der Waals surface area contributed by atoms with E-state index < -0.39 is 0 Å². The highest BCUT2D eigenvalue weighted by atomic mass is 19.1. The van der Waals surface area contributed by atoms with Crippen molar-refractivity contribution in [2.45, 2.75) is 19.3 Å². The first-order valence-corrected chi connectivity index (χ1v) is 6.59. The van der Waals surface area contributed by atoms with Crippen molar-refractivity contribution < 1.29 is 4.39 Å². The maximum Gasteiger partial charge on any atom is 0.123 e. The molecule has 0 aliphatic rings. The van der Waals surface area contributed by atoms with E-state index >= 15 is 0 Å². The first-order valence-electron chi connectivity index (χ1n) is 6.59. The molecule has 0 saturated heterocycles. The summed E-state index contributed by atoms with van der Waals surface area (Å²) in [5.41, 5.74) is 8.05. The van der Waals surface area contributed by atoms with Gasteiger partial charge < -0.3 is 5.73 Å². The quantitative estimate of drug-likeness (QED) is 0.867. The van der Waals surface area contributed by atoms with E-state index in [-0.39, 0.29) is 5.82 Å². The van der Waals surface area contributed by atoms with Crippen LogP contribution in [0.5, 0.6) is 0 Å². The number of nitrogens with zero attached hydrogens (tertiary/aromatic N) is 2. The Bertz CT molecular complexity index is 522. The number of aryl methyl sites for hydroxylation is 2. The fraction of sp³-hybridized carbons (Fsp3) is 0.400. The number of rotatable bonds is 6. The molecule has 0 radical (unpaired) electrons. The van der Waals surface area contributed by atoms with Crippen LogP contribution in [0, 0.1) is 11.7 Å². The lowest BCUT2D eigenvalue weighted by molar-refractivity contribution is 0.492. The molecule has 0 aliphatic heterocycles. The fourth-order valence-corrected chi connectivity index (χ4v) is 2.27. The molecule has 2 N–H and O–H groups in total. The Kier molecular flexibility index (Phi) is 4.68. The largest absolute Gasteiger partial charge is 0.330 e. The maximum absolute atomic E-state index is 13.1. The monoisotopic (exact) mass is 261 g/mol. The van der Waals surface area contributed by atoms with Crippen molar-refractivity contribution >= 4 is 0 Å². The number of hydrogen-bond acceptors (Lipinski definition) is 2. The topological polar surface area (TPSA) is 43.8 Å². The Morgan fingerprint density at radius 2 is 2.21 bits per heavy atom. The molecule has 102 valence electrons. The van der Waals surface area contributed by atoms with Crippen LogP contribution >= 0.6 is 0 Å². The van der Waals surface area contributed by atoms with Gasteiger partial charge in [0.05, 0.1) is 6.20 Å². The molecule has 0 spiro atoms. The van der Waals surface area contributed by atoms with Crippen molar-refractivity contribution in [2.75, 3.05) is 6.54 Å². The van der Waals surface area contributed by atoms with Gasteiger partial charge in [-0.3, -0.25) is 4.68 Å². The highest BCUT2D eigenvalue weighted by Crippen LogP contribution is 2.15. The Balaban J connectivity index is 1.89. The van der Waals surface area contributed by atoms with Crippen LogP contribution in [-0.4, -0.2) is 16.3 Å². The van der Waals surface area contributed by atoms with Crippen LogP contribution in [0.3, 0.4) is 0 Å². The van der Waals surface area contributed by atoms with Crippen LogP contribution in [0.15, 0.2) is 36.7 Å². The number of aromatic nitrogens is 2. The van der Waals surface area contributed by atoms with E-state index in [2.05, 4.69) is 5.10 Å². The highest BCUT2D eigenvalue weighted by Gasteiger charge is 2.09. The van der Waals surface area contributed by atoms with Crippen molar-refractivity contribution in [1.82, 2.24) is 9.78 Å². The molecule has 1 atom stereocenters. The van der Waals surface area contributed by atoms with Crippen LogP contribution in [0.2, 0.25) is 0 Å². The van der Waals surface area contributed by atoms with Gasteiger partial charge in [0, 0.05) is 13.2 Å². The van der Waals surface area contributed by atoms with Crippen molar-refractivity contribution in [1.29, 1.82) is 0 Å². The van der Waals surface area contributed by atoms with Gasteiger partial charge in [0.15, 0.2) is 0 Å². The molecule has 0 fully saturated rings. The normalized spacial score (nSPS) is 12.6. The zero-order valence-corrected chi connectivity index (χ0v) is 11.2. The standard InChI is InChI=1S/C15H20FN3/c1-19-11-14(10-18-19)6-5-13(9-17)7-12-3-2-4-15(16)8-12/h2-4,8,10-11,13H,5-7,9,17H2,1H3. The first-order chi connectivity index (χ1) is 9.17. The summed E-state index contributed by atoms with van der Waals surface area (Å²) in [4.78, 5) is 0. The van der Waals surface area contributed by atoms with Gasteiger partial charge in [0.2, 0.25) is 0 Å². The summed E-state index contributed by atoms with van der Waals surface area (Å²) < 4.78 is 14.9. The average Bonchev–Trinajstić information content (AvgIpc) is 2.80. The van der Waals surface area contributed by atoms with E-state index in [0.717, 1.165) is 24.8 Å². The smallest absolute Gasteiger partial charge is 0.123 e. The third-order valence-corrected chi connectivity index (χ3v) is 3.35. The summed E-state index contributed by atoms with van der Waals surface area (Å²) in [6.07, 6.45) is 6.70. The second-order valence-corrected chi connectivity index (χ2v) is 5.00. The Hall–Kier alpha value is -1.68. The minimum Gasteiger partial charge on any atom is -0.330 e. The third-order valence-electron chi connectivity index (χ3n) is 3.35. The SMILES string of the molecule is Cn1cc(CCC(CN)Cc2cccc(F)c2)cn1. The fourth-order valence-electron chi connectivity index (χ4n) is 2.27. The lowest BCUT2D eigenvalue weighted by Crippen LogP contribution is -2.17. The van der Waals surface area contributed by atoms with Gasteiger partial charge in [0.25, 0.3) is 0 Å². The lowest BCUT2D eigenvalue weighted by Gasteiger charge is -2.14. The van der Waals surface area contributed by atoms with Gasteiger partial charge in [-0.15, -0.1) is 0 Å². The number of hydrogen-bond donors (Lipinski definition) is 1. The summed E-state index contributed by atoms with van der Waals surface area (Å²) in [5.74, 6) is 0.197. The summed E-state index contributed by atoms with van der Waals surface area (Å²) in [7, 11) is 1.91. The molecule has 2 aromatic rings. The Morgan fingerprint density at radius 3 is 2.84 bits per heavy atom. The van der Waals surface area contributed by atoms with E-state index in [4.69, 9.17) is 5.73 Å². The second-order valence-electron chi connectivity index (χ2n) is 5.00. The van der Waals surface area contributed by atoms with E-state index in [9.17, 15) is 4.39 Å². The van der Waals surface area contributed by atoms with E-state index in [1.807, 2.05) is 25.5 Å². The van der Waals surface area contributed by atoms with Gasteiger partial charge in [0.1, 0.15) is 5.82 Å². The number of halogens is 1. The number of benzene rings is 1. The molecule has 1 heterocycles. The second kappa shape index (κ2) is 6.48. The molecule has 1 aromatic carbocycles. The summed E-state index contributed by atoms with van der Waals surface area (Å²) >= 11 is 0. The molecule has 3 nitrogen and oxygen atoms in total. The molecule has 2 rings (SSSR count). The van der Waals surface area contributed by atoms with E-state index in [0.29, 0.717) is 12.5 Å². The summed E-state index contributed by atoms with van der Waals surface area (Å²) in [5, 5.41) is 4.15. The predicted molar refractivity (Wildman–Crippen MR) is 74.2 cm³/mol. The molecule has 1 aromatic heterocycles. The van der Waals surface area contributed by atoms with E-state index in [1.165, 1.54) is 11.6 Å². The average molecular weight is 261 g/mol. The van der Waals surface area contributed by atoms with Crippen LogP contribution in [0.1, 0.15) is 17.5 Å². The molecule has 19 heavy (non-hydrogen) atoms. The molecule has 0 aliphatic carbocycles. The van der Waals surface area contributed by atoms with Gasteiger partial charge in [-0.1, -0.05) is 12.1 Å². The number of nitrogens with two attached hydrogens (primary N) is 1. The summed E-state index contributed by atoms with van der Waals surface area (Å²) in [6, 6.07) is 6.76. The van der Waals surface area contributed by atoms with Crippen LogP contribution in [0.4, 0.5) is 4.39 Å². The van der Waals surface area contributed by atoms with Crippen molar-refractivity contribution in [2.24, 2.45) is 18.7 Å². The van der Waals surface area contributed by atoms with Gasteiger partial charge in [-0.25, -0.2) is 4.39 Å². The Morgan fingerprint density at radius 1 is 1.37 bits per heavy atom. The molecule has 0 amide bonds. The minimum atomic E-state index is -0.180. The van der Waals surface area contributed by atoms with Gasteiger partial charge in [-0.2, -0.15) is 5.10 Å². The lowest BCUT2D eigenvalue weighted by atomic mass is 9.93. The molecule has 1 unspecified atom stereocenters. The zero-order valence-electron chi connectivity index (χ0n) is 11.2. The van der Waals surface area contributed by atoms with Crippen LogP contribution < -0.4 is 5.73 Å². The highest BCUT2D eigenvalue weighted by molar-refractivity contribution is 5.17. The first kappa shape index (κ1) is 13.7. The van der Waals surface area contributed by atoms with Crippen LogP contribution in [-0.2, 0) is 19.9 Å². The minimum absolute atomic E-state index is 0.180. The van der Waals surface area contributed by atoms with Crippen molar-refractivity contribution in [3.8, 4) is 0 Å². The molecular formula is C15H20FN3. The maximum atomic E-state index is 13.1. The Labute approximate surface area is 113 Å². The molecule has 0 bridgehead atoms. The predicted octanol–water partition coefficient (Wildman–Crippen LogP) is 2.31. The van der Waals surface area contributed by atoms with Crippen molar-refractivity contribution in [3.63, 3.8) is 0 Å². The van der Waals surface area contributed by atoms with E-state index in [1.54, 1.807) is 16.8 Å². The molecular weight excluding hydrogens is 241 g/mol. The van der Waals surface area contributed by atoms with Crippen LogP contribution in [0.25, 0.3) is 0 Å². The third kappa shape index (κ3) is 4.17. The van der Waals surface area contributed by atoms with Crippen molar-refractivity contribution in [3.05, 3.63) is 53.6 Å². The zero-order chi connectivity index (χ0) is 13.7. The van der Waals surface area contributed by atoms with Gasteiger partial charge >= 0.3 is 0 Å². The van der Waals surface area contributed by atoms with Gasteiger partial charge in [-0.05, 0) is 55.0 Å². The summed E-state index contributed by atoms with van der Waals surface area (Å²) in [6.45, 7) is 0.622. The molecule has 0 saturated carbocycles. The molecule has 4 heteroatoms.